The lowest BCUT2D eigenvalue weighted by Crippen LogP contribution is -2.28. The summed E-state index contributed by atoms with van der Waals surface area (Å²) in [6, 6.07) is 6.50. The summed E-state index contributed by atoms with van der Waals surface area (Å²) in [5.41, 5.74) is 4.90. The summed E-state index contributed by atoms with van der Waals surface area (Å²) in [4.78, 5) is 8.25. The van der Waals surface area contributed by atoms with Crippen molar-refractivity contribution in [1.29, 1.82) is 0 Å². The molecular formula is C16H20N3S+. The molecule has 2 aliphatic rings. The lowest BCUT2D eigenvalue weighted by atomic mass is 10.0. The van der Waals surface area contributed by atoms with E-state index in [4.69, 9.17) is 4.99 Å². The number of benzene rings is 1. The molecule has 0 saturated carbocycles. The first-order valence-electron chi connectivity index (χ1n) is 6.82. The maximum Gasteiger partial charge on any atom is 0.177 e. The second kappa shape index (κ2) is 5.09. The number of hydrogen-bond donors (Lipinski definition) is 0. The number of allylic oxidation sites excluding steroid dienone is 2. The van der Waals surface area contributed by atoms with Crippen LogP contribution in [0, 0.1) is 0 Å². The zero-order valence-electron chi connectivity index (χ0n) is 12.4. The van der Waals surface area contributed by atoms with Gasteiger partial charge in [-0.05, 0) is 24.3 Å². The lowest BCUT2D eigenvalue weighted by molar-refractivity contribution is -0.464. The summed E-state index contributed by atoms with van der Waals surface area (Å²) in [6.07, 6.45) is 5.41. The van der Waals surface area contributed by atoms with E-state index in [1.54, 1.807) is 0 Å². The first kappa shape index (κ1) is 13.4. The van der Waals surface area contributed by atoms with Crippen molar-refractivity contribution in [2.45, 2.75) is 16.6 Å². The molecule has 1 unspecified atom stereocenters. The Labute approximate surface area is 124 Å². The van der Waals surface area contributed by atoms with Crippen molar-refractivity contribution in [1.82, 2.24) is 0 Å². The van der Waals surface area contributed by atoms with Crippen LogP contribution >= 0.6 is 11.8 Å². The summed E-state index contributed by atoms with van der Waals surface area (Å²) in [6.45, 7) is 0. The number of nitrogens with zero attached hydrogens (tertiary/aromatic N) is 3. The molecular weight excluding hydrogens is 266 g/mol. The molecule has 0 N–H and O–H groups in total. The molecule has 1 aromatic rings. The standard InChI is InChI=1S/C16H20N3S/c1-18(2)11-5-7-13-15(9-11)20-16-10-12(19(3)4)6-8-14(16)17-13/h5-9,16H,10H2,1-4H3/q+1. The van der Waals surface area contributed by atoms with Gasteiger partial charge >= 0.3 is 0 Å². The predicted molar refractivity (Wildman–Crippen MR) is 88.4 cm³/mol. The van der Waals surface area contributed by atoms with Crippen LogP contribution < -0.4 is 4.90 Å². The zero-order valence-corrected chi connectivity index (χ0v) is 13.2. The monoisotopic (exact) mass is 286 g/mol. The molecule has 1 heterocycles. The molecule has 0 bridgehead atoms. The average Bonchev–Trinajstić information content (AvgIpc) is 2.43. The van der Waals surface area contributed by atoms with Crippen molar-refractivity contribution in [3.63, 3.8) is 0 Å². The molecule has 1 aliphatic heterocycles. The Bertz CT molecular complexity index is 637. The number of rotatable bonds is 1. The highest BCUT2D eigenvalue weighted by atomic mass is 32.2. The highest BCUT2D eigenvalue weighted by molar-refractivity contribution is 8.01. The number of hydrogen-bond acceptors (Lipinski definition) is 3. The largest absolute Gasteiger partial charge is 0.378 e. The highest BCUT2D eigenvalue weighted by Crippen LogP contribution is 2.42. The lowest BCUT2D eigenvalue weighted by Gasteiger charge is -2.25. The van der Waals surface area contributed by atoms with E-state index in [9.17, 15) is 0 Å². The molecule has 3 nitrogen and oxygen atoms in total. The van der Waals surface area contributed by atoms with Gasteiger partial charge in [0.25, 0.3) is 0 Å². The van der Waals surface area contributed by atoms with E-state index in [-0.39, 0.29) is 0 Å². The van der Waals surface area contributed by atoms with E-state index >= 15 is 0 Å². The first-order chi connectivity index (χ1) is 9.54. The fourth-order valence-corrected chi connectivity index (χ4v) is 3.69. The van der Waals surface area contributed by atoms with Crippen LogP contribution in [-0.4, -0.2) is 49.4 Å². The van der Waals surface area contributed by atoms with Crippen LogP contribution in [0.3, 0.4) is 0 Å². The first-order valence-corrected chi connectivity index (χ1v) is 7.70. The van der Waals surface area contributed by atoms with E-state index in [1.165, 1.54) is 22.0 Å². The summed E-state index contributed by atoms with van der Waals surface area (Å²) < 4.78 is 2.19. The molecule has 0 aromatic heterocycles. The second-order valence-corrected chi connectivity index (χ2v) is 6.86. The van der Waals surface area contributed by atoms with Gasteiger partial charge in [0.05, 0.1) is 16.6 Å². The van der Waals surface area contributed by atoms with Crippen molar-refractivity contribution in [3.8, 4) is 0 Å². The van der Waals surface area contributed by atoms with Crippen LogP contribution in [0.4, 0.5) is 11.4 Å². The van der Waals surface area contributed by atoms with Gasteiger partial charge in [-0.2, -0.15) is 0 Å². The van der Waals surface area contributed by atoms with Gasteiger partial charge in [-0.3, -0.25) is 4.99 Å². The van der Waals surface area contributed by atoms with Crippen molar-refractivity contribution in [2.24, 2.45) is 4.99 Å². The fourth-order valence-electron chi connectivity index (χ4n) is 2.45. The minimum atomic E-state index is 0.447. The molecule has 0 saturated heterocycles. The molecule has 4 heteroatoms. The zero-order chi connectivity index (χ0) is 14.3. The average molecular weight is 286 g/mol. The van der Waals surface area contributed by atoms with E-state index in [0.29, 0.717) is 5.25 Å². The van der Waals surface area contributed by atoms with Gasteiger partial charge in [-0.1, -0.05) is 0 Å². The van der Waals surface area contributed by atoms with Gasteiger partial charge in [0, 0.05) is 37.2 Å². The molecule has 0 fully saturated rings. The molecule has 0 amide bonds. The Hall–Kier alpha value is -1.55. The number of thioether (sulfide) groups is 1. The Morgan fingerprint density at radius 1 is 1.25 bits per heavy atom. The Morgan fingerprint density at radius 2 is 2.05 bits per heavy atom. The van der Waals surface area contributed by atoms with Gasteiger partial charge in [0.2, 0.25) is 0 Å². The van der Waals surface area contributed by atoms with Gasteiger partial charge in [0.15, 0.2) is 5.71 Å². The Morgan fingerprint density at radius 3 is 2.75 bits per heavy atom. The quantitative estimate of drug-likeness (QED) is 0.739. The van der Waals surface area contributed by atoms with Crippen molar-refractivity contribution in [3.05, 3.63) is 30.4 Å². The maximum absolute atomic E-state index is 4.82. The summed E-state index contributed by atoms with van der Waals surface area (Å²) >= 11 is 1.94. The molecule has 1 aromatic carbocycles. The van der Waals surface area contributed by atoms with Gasteiger partial charge in [-0.25, -0.2) is 4.58 Å². The highest BCUT2D eigenvalue weighted by Gasteiger charge is 2.29. The van der Waals surface area contributed by atoms with Gasteiger partial charge in [-0.15, -0.1) is 11.8 Å². The third-order valence-corrected chi connectivity index (χ3v) is 5.00. The van der Waals surface area contributed by atoms with Gasteiger partial charge < -0.3 is 4.90 Å². The number of anilines is 1. The Kier molecular flexibility index (Phi) is 3.42. The smallest absolute Gasteiger partial charge is 0.177 e. The molecule has 1 aliphatic carbocycles. The normalized spacial score (nSPS) is 20.1. The molecule has 0 spiro atoms. The SMILES string of the molecule is CN(C)c1ccc2c(c1)SC1CC(=[N+](C)C)C=CC1=N2. The molecule has 20 heavy (non-hydrogen) atoms. The van der Waals surface area contributed by atoms with Crippen LogP contribution in [0.2, 0.25) is 0 Å². The van der Waals surface area contributed by atoms with Crippen molar-refractivity contribution < 1.29 is 4.58 Å². The van der Waals surface area contributed by atoms with E-state index in [1.807, 2.05) is 11.8 Å². The van der Waals surface area contributed by atoms with Gasteiger partial charge in [0.1, 0.15) is 14.1 Å². The molecule has 1 atom stereocenters. The van der Waals surface area contributed by atoms with E-state index in [2.05, 4.69) is 68.0 Å². The van der Waals surface area contributed by atoms with E-state index in [0.717, 1.165) is 12.1 Å². The van der Waals surface area contributed by atoms with Crippen LogP contribution in [0.15, 0.2) is 40.2 Å². The van der Waals surface area contributed by atoms with Crippen molar-refractivity contribution in [2.75, 3.05) is 33.1 Å². The molecule has 104 valence electrons. The van der Waals surface area contributed by atoms with E-state index < -0.39 is 0 Å². The number of fused-ring (bicyclic) bond motifs is 2. The predicted octanol–water partition coefficient (Wildman–Crippen LogP) is 2.97. The third-order valence-electron chi connectivity index (χ3n) is 3.72. The minimum Gasteiger partial charge on any atom is -0.378 e. The summed E-state index contributed by atoms with van der Waals surface area (Å²) in [7, 11) is 8.36. The minimum absolute atomic E-state index is 0.447. The van der Waals surface area contributed by atoms with Crippen LogP contribution in [0.1, 0.15) is 6.42 Å². The molecule has 3 rings (SSSR count). The Balaban J connectivity index is 1.99. The summed E-state index contributed by atoms with van der Waals surface area (Å²) in [5, 5.41) is 0.447. The topological polar surface area (TPSA) is 18.6 Å². The third kappa shape index (κ3) is 2.40. The van der Waals surface area contributed by atoms with Crippen molar-refractivity contribution >= 4 is 34.6 Å². The van der Waals surface area contributed by atoms with Crippen LogP contribution in [0.5, 0.6) is 0 Å². The maximum atomic E-state index is 4.82. The van der Waals surface area contributed by atoms with Crippen LogP contribution in [0.25, 0.3) is 0 Å². The number of aliphatic imine (C=N–C) groups is 1. The molecule has 0 radical (unpaired) electrons. The van der Waals surface area contributed by atoms with Crippen LogP contribution in [-0.2, 0) is 0 Å². The second-order valence-electron chi connectivity index (χ2n) is 5.61. The fraction of sp³-hybridized carbons (Fsp3) is 0.375. The summed E-state index contributed by atoms with van der Waals surface area (Å²) in [5.74, 6) is 0.